The van der Waals surface area contributed by atoms with Gasteiger partial charge in [0.25, 0.3) is 0 Å². The maximum absolute atomic E-state index is 11.4. The summed E-state index contributed by atoms with van der Waals surface area (Å²) in [6, 6.07) is 7.48. The minimum absolute atomic E-state index is 0.480. The largest absolute Gasteiger partial charge is 0.385 e. The van der Waals surface area contributed by atoms with Crippen molar-refractivity contribution in [1.29, 1.82) is 5.26 Å². The highest BCUT2D eigenvalue weighted by molar-refractivity contribution is 9.10. The lowest BCUT2D eigenvalue weighted by Crippen LogP contribution is -2.31. The third-order valence-electron chi connectivity index (χ3n) is 2.76. The molecule has 1 aromatic carbocycles. The van der Waals surface area contributed by atoms with Crippen LogP contribution >= 0.6 is 15.9 Å². The zero-order chi connectivity index (χ0) is 15.2. The van der Waals surface area contributed by atoms with Crippen molar-refractivity contribution in [2.45, 2.75) is 13.3 Å². The summed E-state index contributed by atoms with van der Waals surface area (Å²) in [6.45, 7) is 3.44. The highest BCUT2D eigenvalue weighted by Gasteiger charge is 2.12. The van der Waals surface area contributed by atoms with E-state index in [0.717, 1.165) is 10.2 Å². The summed E-state index contributed by atoms with van der Waals surface area (Å²) in [6.07, 6.45) is 1.92. The van der Waals surface area contributed by atoms with Crippen molar-refractivity contribution in [3.05, 3.63) is 28.2 Å². The minimum Gasteiger partial charge on any atom is -0.385 e. The van der Waals surface area contributed by atoms with E-state index >= 15 is 0 Å². The number of rotatable bonds is 7. The first-order valence-electron chi connectivity index (χ1n) is 6.26. The molecule has 0 amide bonds. The van der Waals surface area contributed by atoms with Gasteiger partial charge in [0.1, 0.15) is 0 Å². The second-order valence-electron chi connectivity index (χ2n) is 4.38. The van der Waals surface area contributed by atoms with Crippen LogP contribution in [0.5, 0.6) is 0 Å². The molecule has 1 aromatic rings. The Morgan fingerprint density at radius 3 is 2.65 bits per heavy atom. The Balaban J connectivity index is 2.49. The SMILES string of the molecule is CCN(CCCNc1cc(Br)cc(C#N)c1)S(C)(=O)=O. The van der Waals surface area contributed by atoms with Gasteiger partial charge in [-0.25, -0.2) is 12.7 Å². The van der Waals surface area contributed by atoms with Gasteiger partial charge in [0.05, 0.1) is 17.9 Å². The molecule has 0 saturated heterocycles. The lowest BCUT2D eigenvalue weighted by atomic mass is 10.2. The Labute approximate surface area is 128 Å². The van der Waals surface area contributed by atoms with Crippen LogP contribution in [0, 0.1) is 11.3 Å². The van der Waals surface area contributed by atoms with Crippen LogP contribution in [0.25, 0.3) is 0 Å². The molecule has 0 aliphatic heterocycles. The molecule has 0 unspecified atom stereocenters. The molecule has 0 bridgehead atoms. The molecule has 0 radical (unpaired) electrons. The van der Waals surface area contributed by atoms with Gasteiger partial charge in [-0.1, -0.05) is 22.9 Å². The first kappa shape index (κ1) is 17.0. The summed E-state index contributed by atoms with van der Waals surface area (Å²) in [5, 5.41) is 12.1. The molecule has 0 aromatic heterocycles. The summed E-state index contributed by atoms with van der Waals surface area (Å²) in [5.74, 6) is 0. The molecule has 0 saturated carbocycles. The standard InChI is InChI=1S/C13H18BrN3O2S/c1-3-17(20(2,18)19)6-4-5-16-13-8-11(10-15)7-12(14)9-13/h7-9,16H,3-6H2,1-2H3. The fraction of sp³-hybridized carbons (Fsp3) is 0.462. The summed E-state index contributed by atoms with van der Waals surface area (Å²) in [7, 11) is -3.12. The van der Waals surface area contributed by atoms with E-state index in [4.69, 9.17) is 5.26 Å². The Morgan fingerprint density at radius 1 is 1.40 bits per heavy atom. The van der Waals surface area contributed by atoms with E-state index in [1.54, 1.807) is 12.1 Å². The van der Waals surface area contributed by atoms with Crippen LogP contribution in [0.1, 0.15) is 18.9 Å². The summed E-state index contributed by atoms with van der Waals surface area (Å²) in [4.78, 5) is 0. The van der Waals surface area contributed by atoms with Crippen LogP contribution in [0.3, 0.4) is 0 Å². The van der Waals surface area contributed by atoms with Crippen LogP contribution in [0.15, 0.2) is 22.7 Å². The molecule has 1 rings (SSSR count). The predicted octanol–water partition coefficient (Wildman–Crippen LogP) is 2.40. The van der Waals surface area contributed by atoms with Gasteiger partial charge >= 0.3 is 0 Å². The molecule has 0 fully saturated rings. The van der Waals surface area contributed by atoms with E-state index in [0.29, 0.717) is 31.6 Å². The Kier molecular flexibility index (Phi) is 6.46. The van der Waals surface area contributed by atoms with Crippen LogP contribution in [-0.4, -0.2) is 38.6 Å². The van der Waals surface area contributed by atoms with E-state index in [2.05, 4.69) is 27.3 Å². The van der Waals surface area contributed by atoms with Crippen molar-refractivity contribution in [1.82, 2.24) is 4.31 Å². The molecule has 0 aliphatic carbocycles. The molecule has 0 spiro atoms. The minimum atomic E-state index is -3.12. The van der Waals surface area contributed by atoms with E-state index in [-0.39, 0.29) is 0 Å². The normalized spacial score (nSPS) is 11.3. The van der Waals surface area contributed by atoms with E-state index in [1.165, 1.54) is 10.6 Å². The van der Waals surface area contributed by atoms with Crippen LogP contribution in [-0.2, 0) is 10.0 Å². The zero-order valence-electron chi connectivity index (χ0n) is 11.6. The van der Waals surface area contributed by atoms with Gasteiger partial charge in [-0.3, -0.25) is 0 Å². The average Bonchev–Trinajstić information content (AvgIpc) is 2.36. The van der Waals surface area contributed by atoms with Crippen molar-refractivity contribution in [3.63, 3.8) is 0 Å². The molecular formula is C13H18BrN3O2S. The van der Waals surface area contributed by atoms with Gasteiger partial charge in [-0.05, 0) is 24.6 Å². The highest BCUT2D eigenvalue weighted by atomic mass is 79.9. The smallest absolute Gasteiger partial charge is 0.211 e. The number of halogens is 1. The van der Waals surface area contributed by atoms with E-state index in [9.17, 15) is 8.42 Å². The highest BCUT2D eigenvalue weighted by Crippen LogP contribution is 2.19. The number of nitriles is 1. The van der Waals surface area contributed by atoms with Crippen molar-refractivity contribution < 1.29 is 8.42 Å². The predicted molar refractivity (Wildman–Crippen MR) is 84.1 cm³/mol. The molecule has 7 heteroatoms. The van der Waals surface area contributed by atoms with E-state index < -0.39 is 10.0 Å². The monoisotopic (exact) mass is 359 g/mol. The van der Waals surface area contributed by atoms with Gasteiger partial charge in [0, 0.05) is 29.8 Å². The third kappa shape index (κ3) is 5.49. The van der Waals surface area contributed by atoms with Crippen molar-refractivity contribution >= 4 is 31.6 Å². The lowest BCUT2D eigenvalue weighted by molar-refractivity contribution is 0.429. The van der Waals surface area contributed by atoms with Crippen LogP contribution in [0.4, 0.5) is 5.69 Å². The van der Waals surface area contributed by atoms with E-state index in [1.807, 2.05) is 13.0 Å². The van der Waals surface area contributed by atoms with Gasteiger partial charge in [0.2, 0.25) is 10.0 Å². The number of sulfonamides is 1. The maximum atomic E-state index is 11.4. The first-order valence-corrected chi connectivity index (χ1v) is 8.90. The second-order valence-corrected chi connectivity index (χ2v) is 7.27. The number of benzene rings is 1. The average molecular weight is 360 g/mol. The van der Waals surface area contributed by atoms with Gasteiger partial charge in [-0.15, -0.1) is 0 Å². The summed E-state index contributed by atoms with van der Waals surface area (Å²) >= 11 is 3.34. The molecule has 1 N–H and O–H groups in total. The fourth-order valence-corrected chi connectivity index (χ4v) is 3.23. The quantitative estimate of drug-likeness (QED) is 0.758. The Bertz CT molecular complexity index is 596. The van der Waals surface area contributed by atoms with Crippen molar-refractivity contribution in [2.75, 3.05) is 31.2 Å². The van der Waals surface area contributed by atoms with Crippen LogP contribution < -0.4 is 5.32 Å². The Hall–Kier alpha value is -1.10. The van der Waals surface area contributed by atoms with Crippen molar-refractivity contribution in [3.8, 4) is 6.07 Å². The van der Waals surface area contributed by atoms with Crippen LogP contribution in [0.2, 0.25) is 0 Å². The summed E-state index contributed by atoms with van der Waals surface area (Å²) < 4.78 is 25.1. The molecule has 0 heterocycles. The van der Waals surface area contributed by atoms with Gasteiger partial charge < -0.3 is 5.32 Å². The third-order valence-corrected chi connectivity index (χ3v) is 4.60. The van der Waals surface area contributed by atoms with Gasteiger partial charge in [0.15, 0.2) is 0 Å². The number of hydrogen-bond donors (Lipinski definition) is 1. The number of nitrogens with one attached hydrogen (secondary N) is 1. The zero-order valence-corrected chi connectivity index (χ0v) is 14.0. The number of hydrogen-bond acceptors (Lipinski definition) is 4. The topological polar surface area (TPSA) is 73.2 Å². The molecule has 5 nitrogen and oxygen atoms in total. The number of anilines is 1. The lowest BCUT2D eigenvalue weighted by Gasteiger charge is -2.17. The molecule has 0 atom stereocenters. The van der Waals surface area contributed by atoms with Gasteiger partial charge in [-0.2, -0.15) is 5.26 Å². The number of nitrogens with zero attached hydrogens (tertiary/aromatic N) is 2. The fourth-order valence-electron chi connectivity index (χ4n) is 1.80. The van der Waals surface area contributed by atoms with Crippen molar-refractivity contribution in [2.24, 2.45) is 0 Å². The first-order chi connectivity index (χ1) is 9.36. The Morgan fingerprint density at radius 2 is 2.10 bits per heavy atom. The maximum Gasteiger partial charge on any atom is 0.211 e. The molecular weight excluding hydrogens is 342 g/mol. The molecule has 20 heavy (non-hydrogen) atoms. The molecule has 110 valence electrons. The summed E-state index contributed by atoms with van der Waals surface area (Å²) in [5.41, 5.74) is 1.42. The second kappa shape index (κ2) is 7.62. The molecule has 0 aliphatic rings.